The molecule has 0 unspecified atom stereocenters. The highest BCUT2D eigenvalue weighted by Crippen LogP contribution is 2.31. The van der Waals surface area contributed by atoms with E-state index < -0.39 is 0 Å². The first-order chi connectivity index (χ1) is 4.83. The number of ether oxygens (including phenoxy) is 1. The molecule has 0 spiro atoms. The average Bonchev–Trinajstić information content (AvgIpc) is 2.71. The Morgan fingerprint density at radius 3 is 2.80 bits per heavy atom. The normalized spacial score (nSPS) is 16.9. The Morgan fingerprint density at radius 1 is 1.60 bits per heavy atom. The summed E-state index contributed by atoms with van der Waals surface area (Å²) < 4.78 is 4.78. The van der Waals surface area contributed by atoms with E-state index in [-0.39, 0.29) is 12.5 Å². The zero-order chi connectivity index (χ0) is 7.40. The second-order valence-corrected chi connectivity index (χ2v) is 2.66. The van der Waals surface area contributed by atoms with Gasteiger partial charge in [-0.25, -0.2) is 0 Å². The summed E-state index contributed by atoms with van der Waals surface area (Å²) in [7, 11) is 0. The number of carbonyl (C=O) groups is 1. The molecule has 0 heterocycles. The fourth-order valence-corrected chi connectivity index (χ4v) is 0.805. The maximum Gasteiger partial charge on any atom is 0.319 e. The molecule has 0 aromatic carbocycles. The first-order valence-electron chi connectivity index (χ1n) is 3.68. The predicted octanol–water partition coefficient (Wildman–Crippen LogP) is 0.288. The number of rotatable bonds is 4. The molecule has 0 aromatic rings. The van der Waals surface area contributed by atoms with Crippen molar-refractivity contribution in [2.45, 2.75) is 19.3 Å². The molecular weight excluding hydrogens is 130 g/mol. The molecule has 0 radical (unpaired) electrons. The SMILES string of the molecule is NCC(=O)OCCC1CC1. The van der Waals surface area contributed by atoms with Crippen LogP contribution in [0.1, 0.15) is 19.3 Å². The highest BCUT2D eigenvalue weighted by atomic mass is 16.5. The highest BCUT2D eigenvalue weighted by molar-refractivity contribution is 5.71. The largest absolute Gasteiger partial charge is 0.465 e. The Bertz CT molecular complexity index is 121. The molecule has 0 atom stereocenters. The Labute approximate surface area is 60.5 Å². The van der Waals surface area contributed by atoms with E-state index in [9.17, 15) is 4.79 Å². The number of hydrogen-bond acceptors (Lipinski definition) is 3. The van der Waals surface area contributed by atoms with Gasteiger partial charge in [0.1, 0.15) is 0 Å². The van der Waals surface area contributed by atoms with Gasteiger partial charge in [-0.2, -0.15) is 0 Å². The van der Waals surface area contributed by atoms with Gasteiger partial charge in [0.2, 0.25) is 0 Å². The van der Waals surface area contributed by atoms with E-state index in [4.69, 9.17) is 10.5 Å². The minimum absolute atomic E-state index is 0.00463. The van der Waals surface area contributed by atoms with Crippen molar-refractivity contribution in [1.82, 2.24) is 0 Å². The van der Waals surface area contributed by atoms with Gasteiger partial charge < -0.3 is 10.5 Å². The molecule has 3 heteroatoms. The molecule has 1 rings (SSSR count). The molecule has 0 saturated heterocycles. The van der Waals surface area contributed by atoms with Gasteiger partial charge >= 0.3 is 5.97 Å². The van der Waals surface area contributed by atoms with E-state index in [1.54, 1.807) is 0 Å². The Balaban J connectivity index is 1.88. The summed E-state index contributed by atoms with van der Waals surface area (Å²) in [6.07, 6.45) is 3.63. The van der Waals surface area contributed by atoms with Crippen LogP contribution < -0.4 is 5.73 Å². The quantitative estimate of drug-likeness (QED) is 0.575. The van der Waals surface area contributed by atoms with Crippen molar-refractivity contribution in [2.75, 3.05) is 13.2 Å². The maximum absolute atomic E-state index is 10.5. The van der Waals surface area contributed by atoms with Crippen LogP contribution in [0.4, 0.5) is 0 Å². The second kappa shape index (κ2) is 3.56. The summed E-state index contributed by atoms with van der Waals surface area (Å²) >= 11 is 0. The lowest BCUT2D eigenvalue weighted by molar-refractivity contribution is -0.142. The molecule has 1 aliphatic carbocycles. The number of carbonyl (C=O) groups excluding carboxylic acids is 1. The standard InChI is InChI=1S/C7H13NO2/c8-5-7(9)10-4-3-6-1-2-6/h6H,1-5,8H2. The van der Waals surface area contributed by atoms with E-state index in [1.807, 2.05) is 0 Å². The van der Waals surface area contributed by atoms with Crippen molar-refractivity contribution >= 4 is 5.97 Å². The number of nitrogens with two attached hydrogens (primary N) is 1. The average molecular weight is 143 g/mol. The molecule has 0 bridgehead atoms. The third-order valence-electron chi connectivity index (χ3n) is 1.65. The summed E-state index contributed by atoms with van der Waals surface area (Å²) in [5.41, 5.74) is 5.03. The van der Waals surface area contributed by atoms with Crippen LogP contribution in [0.25, 0.3) is 0 Å². The fraction of sp³-hybridized carbons (Fsp3) is 0.857. The third kappa shape index (κ3) is 2.82. The van der Waals surface area contributed by atoms with E-state index >= 15 is 0 Å². The minimum Gasteiger partial charge on any atom is -0.465 e. The van der Waals surface area contributed by atoms with Crippen LogP contribution in [0.5, 0.6) is 0 Å². The van der Waals surface area contributed by atoms with Crippen molar-refractivity contribution in [3.05, 3.63) is 0 Å². The minimum atomic E-state index is -0.291. The first-order valence-corrected chi connectivity index (χ1v) is 3.68. The van der Waals surface area contributed by atoms with Gasteiger partial charge in [0.25, 0.3) is 0 Å². The molecule has 10 heavy (non-hydrogen) atoms. The van der Waals surface area contributed by atoms with Crippen LogP contribution in [0.3, 0.4) is 0 Å². The van der Waals surface area contributed by atoms with Crippen LogP contribution >= 0.6 is 0 Å². The number of hydrogen-bond donors (Lipinski definition) is 1. The van der Waals surface area contributed by atoms with Crippen LogP contribution in [-0.2, 0) is 9.53 Å². The molecule has 0 aliphatic heterocycles. The van der Waals surface area contributed by atoms with E-state index in [0.29, 0.717) is 6.61 Å². The zero-order valence-electron chi connectivity index (χ0n) is 6.01. The summed E-state index contributed by atoms with van der Waals surface area (Å²) in [6.45, 7) is 0.561. The van der Waals surface area contributed by atoms with Crippen molar-refractivity contribution < 1.29 is 9.53 Å². The fourth-order valence-electron chi connectivity index (χ4n) is 0.805. The van der Waals surface area contributed by atoms with Gasteiger partial charge in [-0.3, -0.25) is 4.79 Å². The molecule has 1 aliphatic rings. The molecule has 58 valence electrons. The zero-order valence-corrected chi connectivity index (χ0v) is 6.01. The van der Waals surface area contributed by atoms with Gasteiger partial charge in [-0.15, -0.1) is 0 Å². The lowest BCUT2D eigenvalue weighted by atomic mass is 10.3. The predicted molar refractivity (Wildman–Crippen MR) is 37.4 cm³/mol. The van der Waals surface area contributed by atoms with Crippen molar-refractivity contribution in [3.63, 3.8) is 0 Å². The Morgan fingerprint density at radius 2 is 2.30 bits per heavy atom. The van der Waals surface area contributed by atoms with Crippen LogP contribution in [0.15, 0.2) is 0 Å². The summed E-state index contributed by atoms with van der Waals surface area (Å²) in [6, 6.07) is 0. The van der Waals surface area contributed by atoms with Crippen molar-refractivity contribution in [3.8, 4) is 0 Å². The van der Waals surface area contributed by atoms with Gasteiger partial charge in [-0.05, 0) is 12.3 Å². The lowest BCUT2D eigenvalue weighted by Crippen LogP contribution is -2.17. The van der Waals surface area contributed by atoms with Crippen LogP contribution in [-0.4, -0.2) is 19.1 Å². The Kier molecular flexibility index (Phi) is 2.68. The van der Waals surface area contributed by atoms with Crippen LogP contribution in [0, 0.1) is 5.92 Å². The van der Waals surface area contributed by atoms with Crippen molar-refractivity contribution in [2.24, 2.45) is 11.7 Å². The summed E-state index contributed by atoms with van der Waals surface area (Å²) in [5, 5.41) is 0. The monoisotopic (exact) mass is 143 g/mol. The molecule has 1 fully saturated rings. The molecule has 3 nitrogen and oxygen atoms in total. The van der Waals surface area contributed by atoms with E-state index in [0.717, 1.165) is 12.3 Å². The smallest absolute Gasteiger partial charge is 0.319 e. The first kappa shape index (κ1) is 7.54. The summed E-state index contributed by atoms with van der Waals surface area (Å²) in [4.78, 5) is 10.5. The van der Waals surface area contributed by atoms with Gasteiger partial charge in [0.15, 0.2) is 0 Å². The van der Waals surface area contributed by atoms with Crippen molar-refractivity contribution in [1.29, 1.82) is 0 Å². The number of esters is 1. The molecule has 0 amide bonds. The van der Waals surface area contributed by atoms with E-state index in [1.165, 1.54) is 12.8 Å². The molecular formula is C7H13NO2. The van der Waals surface area contributed by atoms with Crippen LogP contribution in [0.2, 0.25) is 0 Å². The molecule has 2 N–H and O–H groups in total. The third-order valence-corrected chi connectivity index (χ3v) is 1.65. The van der Waals surface area contributed by atoms with Gasteiger partial charge in [0, 0.05) is 0 Å². The van der Waals surface area contributed by atoms with Gasteiger partial charge in [-0.1, -0.05) is 12.8 Å². The molecule has 1 saturated carbocycles. The van der Waals surface area contributed by atoms with E-state index in [2.05, 4.69) is 0 Å². The highest BCUT2D eigenvalue weighted by Gasteiger charge is 2.20. The lowest BCUT2D eigenvalue weighted by Gasteiger charge is -2.00. The van der Waals surface area contributed by atoms with Gasteiger partial charge in [0.05, 0.1) is 13.2 Å². The Hall–Kier alpha value is -0.570. The maximum atomic E-state index is 10.5. The second-order valence-electron chi connectivity index (χ2n) is 2.66. The topological polar surface area (TPSA) is 52.3 Å². The molecule has 0 aromatic heterocycles. The summed E-state index contributed by atoms with van der Waals surface area (Å²) in [5.74, 6) is 0.534.